The second-order valence-electron chi connectivity index (χ2n) is 5.25. The monoisotopic (exact) mass is 237 g/mol. The minimum Gasteiger partial charge on any atom is -0.373 e. The lowest BCUT2D eigenvalue weighted by Gasteiger charge is -2.43. The third kappa shape index (κ3) is 3.72. The average Bonchev–Trinajstić information content (AvgIpc) is 2.30. The highest BCUT2D eigenvalue weighted by Crippen LogP contribution is 2.37. The minimum atomic E-state index is -0.129. The van der Waals surface area contributed by atoms with Gasteiger partial charge in [0.05, 0.1) is 11.6 Å². The van der Waals surface area contributed by atoms with Gasteiger partial charge in [0.2, 0.25) is 0 Å². The Morgan fingerprint density at radius 1 is 1.53 bits per heavy atom. The molecule has 0 amide bonds. The third-order valence-electron chi connectivity index (χ3n) is 3.71. The van der Waals surface area contributed by atoms with Crippen molar-refractivity contribution in [2.45, 2.75) is 64.5 Å². The van der Waals surface area contributed by atoms with Gasteiger partial charge in [-0.05, 0) is 38.6 Å². The van der Waals surface area contributed by atoms with Gasteiger partial charge in [0.15, 0.2) is 0 Å². The first-order valence-corrected chi connectivity index (χ1v) is 7.02. The maximum Gasteiger partial charge on any atom is 0.0981 e. The maximum absolute atomic E-state index is 6.09. The van der Waals surface area contributed by atoms with Gasteiger partial charge in [0.25, 0.3) is 0 Å². The largest absolute Gasteiger partial charge is 0.373 e. The van der Waals surface area contributed by atoms with Crippen molar-refractivity contribution >= 4 is 0 Å². The summed E-state index contributed by atoms with van der Waals surface area (Å²) in [4.78, 5) is 0. The van der Waals surface area contributed by atoms with Crippen molar-refractivity contribution in [1.82, 2.24) is 5.32 Å². The van der Waals surface area contributed by atoms with Crippen LogP contribution < -0.4 is 5.32 Å². The molecule has 0 bridgehead atoms. The van der Waals surface area contributed by atoms with Crippen molar-refractivity contribution in [3.05, 3.63) is 0 Å². The highest BCUT2D eigenvalue weighted by molar-refractivity contribution is 5.12. The SMILES string of the molecule is C#CC(NCCC)C1(OCC)CCCC(C)C1. The number of hydrogen-bond donors (Lipinski definition) is 1. The average molecular weight is 237 g/mol. The van der Waals surface area contributed by atoms with Crippen LogP contribution in [-0.2, 0) is 4.74 Å². The Labute approximate surface area is 107 Å². The summed E-state index contributed by atoms with van der Waals surface area (Å²) >= 11 is 0. The van der Waals surface area contributed by atoms with Crippen molar-refractivity contribution < 1.29 is 4.74 Å². The topological polar surface area (TPSA) is 21.3 Å². The molecule has 1 N–H and O–H groups in total. The smallest absolute Gasteiger partial charge is 0.0981 e. The van der Waals surface area contributed by atoms with Gasteiger partial charge in [-0.15, -0.1) is 6.42 Å². The number of terminal acetylenes is 1. The first-order chi connectivity index (χ1) is 8.18. The molecule has 3 atom stereocenters. The fourth-order valence-corrected chi connectivity index (χ4v) is 2.99. The fraction of sp³-hybridized carbons (Fsp3) is 0.867. The van der Waals surface area contributed by atoms with E-state index >= 15 is 0 Å². The third-order valence-corrected chi connectivity index (χ3v) is 3.71. The Bertz CT molecular complexity index is 254. The zero-order valence-corrected chi connectivity index (χ0v) is 11.6. The normalized spacial score (nSPS) is 30.8. The molecule has 17 heavy (non-hydrogen) atoms. The molecule has 0 heterocycles. The fourth-order valence-electron chi connectivity index (χ4n) is 2.99. The van der Waals surface area contributed by atoms with Crippen molar-refractivity contribution in [1.29, 1.82) is 0 Å². The molecule has 1 aliphatic rings. The van der Waals surface area contributed by atoms with E-state index in [1.165, 1.54) is 12.8 Å². The standard InChI is InChI=1S/C15H27NO/c1-5-11-16-14(6-2)15(17-7-3)10-8-9-13(4)12-15/h2,13-14,16H,5,7-12H2,1,3-4H3. The second-order valence-corrected chi connectivity index (χ2v) is 5.25. The summed E-state index contributed by atoms with van der Waals surface area (Å²) in [7, 11) is 0. The van der Waals surface area contributed by atoms with Crippen molar-refractivity contribution in [3.8, 4) is 12.3 Å². The molecule has 1 aliphatic carbocycles. The van der Waals surface area contributed by atoms with Crippen LogP contribution in [0.5, 0.6) is 0 Å². The zero-order chi connectivity index (χ0) is 12.7. The lowest BCUT2D eigenvalue weighted by atomic mass is 9.74. The Hall–Kier alpha value is -0.520. The van der Waals surface area contributed by atoms with E-state index in [1.807, 2.05) is 0 Å². The molecular weight excluding hydrogens is 210 g/mol. The van der Waals surface area contributed by atoms with Crippen molar-refractivity contribution in [2.24, 2.45) is 5.92 Å². The lowest BCUT2D eigenvalue weighted by molar-refractivity contribution is -0.0883. The first kappa shape index (κ1) is 14.5. The quantitative estimate of drug-likeness (QED) is 0.717. The Morgan fingerprint density at radius 3 is 2.82 bits per heavy atom. The number of nitrogens with one attached hydrogen (secondary N) is 1. The van der Waals surface area contributed by atoms with Crippen LogP contribution >= 0.6 is 0 Å². The summed E-state index contributed by atoms with van der Waals surface area (Å²) in [5.74, 6) is 3.63. The molecule has 1 fully saturated rings. The predicted molar refractivity (Wildman–Crippen MR) is 72.9 cm³/mol. The van der Waals surface area contributed by atoms with Crippen LogP contribution in [0.2, 0.25) is 0 Å². The molecule has 0 spiro atoms. The van der Waals surface area contributed by atoms with E-state index in [0.29, 0.717) is 0 Å². The molecule has 3 unspecified atom stereocenters. The zero-order valence-electron chi connectivity index (χ0n) is 11.6. The van der Waals surface area contributed by atoms with Gasteiger partial charge in [-0.1, -0.05) is 32.6 Å². The minimum absolute atomic E-state index is 0.0603. The number of ether oxygens (including phenoxy) is 1. The van der Waals surface area contributed by atoms with Crippen LogP contribution in [0.3, 0.4) is 0 Å². The summed E-state index contributed by atoms with van der Waals surface area (Å²) in [5.41, 5.74) is -0.129. The molecule has 0 radical (unpaired) electrons. The highest BCUT2D eigenvalue weighted by atomic mass is 16.5. The van der Waals surface area contributed by atoms with Gasteiger partial charge < -0.3 is 10.1 Å². The van der Waals surface area contributed by atoms with E-state index in [1.54, 1.807) is 0 Å². The summed E-state index contributed by atoms with van der Waals surface area (Å²) in [6.45, 7) is 8.25. The Kier molecular flexibility index (Phi) is 6.02. The molecule has 2 heteroatoms. The molecule has 0 aromatic carbocycles. The van der Waals surface area contributed by atoms with E-state index < -0.39 is 0 Å². The molecule has 0 saturated heterocycles. The molecule has 1 saturated carbocycles. The number of rotatable bonds is 6. The summed E-state index contributed by atoms with van der Waals surface area (Å²) < 4.78 is 6.09. The summed E-state index contributed by atoms with van der Waals surface area (Å²) in [6.07, 6.45) is 11.5. The van der Waals surface area contributed by atoms with E-state index in [4.69, 9.17) is 11.2 Å². The van der Waals surface area contributed by atoms with Crippen molar-refractivity contribution in [3.63, 3.8) is 0 Å². The molecular formula is C15H27NO. The van der Waals surface area contributed by atoms with E-state index in [9.17, 15) is 0 Å². The molecule has 98 valence electrons. The van der Waals surface area contributed by atoms with Crippen LogP contribution in [0.1, 0.15) is 52.9 Å². The second kappa shape index (κ2) is 7.03. The van der Waals surface area contributed by atoms with Crippen LogP contribution in [0.4, 0.5) is 0 Å². The predicted octanol–water partition coefficient (Wildman–Crippen LogP) is 2.97. The van der Waals surface area contributed by atoms with E-state index in [-0.39, 0.29) is 11.6 Å². The van der Waals surface area contributed by atoms with Crippen LogP contribution in [0, 0.1) is 18.3 Å². The van der Waals surface area contributed by atoms with Crippen molar-refractivity contribution in [2.75, 3.05) is 13.2 Å². The molecule has 0 aliphatic heterocycles. The van der Waals surface area contributed by atoms with Crippen LogP contribution in [0.25, 0.3) is 0 Å². The van der Waals surface area contributed by atoms with Gasteiger partial charge in [-0.3, -0.25) is 0 Å². The van der Waals surface area contributed by atoms with Gasteiger partial charge >= 0.3 is 0 Å². The van der Waals surface area contributed by atoms with Gasteiger partial charge in [-0.25, -0.2) is 0 Å². The molecule has 0 aromatic rings. The maximum atomic E-state index is 6.09. The van der Waals surface area contributed by atoms with E-state index in [2.05, 4.69) is 32.0 Å². The Balaban J connectivity index is 2.76. The summed E-state index contributed by atoms with van der Waals surface area (Å²) in [6, 6.07) is 0.0603. The molecule has 2 nitrogen and oxygen atoms in total. The van der Waals surface area contributed by atoms with Crippen LogP contribution in [0.15, 0.2) is 0 Å². The first-order valence-electron chi connectivity index (χ1n) is 7.02. The molecule has 1 rings (SSSR count). The Morgan fingerprint density at radius 2 is 2.29 bits per heavy atom. The highest BCUT2D eigenvalue weighted by Gasteiger charge is 2.41. The van der Waals surface area contributed by atoms with Gasteiger partial charge in [-0.2, -0.15) is 0 Å². The number of hydrogen-bond acceptors (Lipinski definition) is 2. The van der Waals surface area contributed by atoms with Gasteiger partial charge in [0, 0.05) is 6.61 Å². The lowest BCUT2D eigenvalue weighted by Crippen LogP contribution is -2.54. The summed E-state index contributed by atoms with van der Waals surface area (Å²) in [5, 5.41) is 3.47. The molecule has 0 aromatic heterocycles. The van der Waals surface area contributed by atoms with Gasteiger partial charge in [0.1, 0.15) is 0 Å². The van der Waals surface area contributed by atoms with Crippen LogP contribution in [-0.4, -0.2) is 24.8 Å². The van der Waals surface area contributed by atoms with E-state index in [0.717, 1.165) is 38.3 Å².